The number of anilines is 1. The van der Waals surface area contributed by atoms with Crippen LogP contribution in [0.4, 0.5) is 5.69 Å². The molecule has 0 unspecified atom stereocenters. The molecular weight excluding hydrogens is 546 g/mol. The van der Waals surface area contributed by atoms with Crippen LogP contribution in [0.3, 0.4) is 0 Å². The number of hydrogen-bond donors (Lipinski definition) is 5. The number of aromatic carboxylic acids is 2. The highest BCUT2D eigenvalue weighted by Crippen LogP contribution is 2.26. The van der Waals surface area contributed by atoms with E-state index < -0.39 is 40.9 Å². The van der Waals surface area contributed by atoms with Crippen LogP contribution in [0.1, 0.15) is 56.3 Å². The van der Waals surface area contributed by atoms with E-state index in [1.165, 1.54) is 30.3 Å². The second-order valence-corrected chi connectivity index (χ2v) is 8.02. The fraction of sp³-hybridized carbons (Fsp3) is 0.0645. The number of carboxylic acids is 2. The Hall–Kier alpha value is -5.97. The second kappa shape index (κ2) is 15.0. The maximum absolute atomic E-state index is 12.6. The molecule has 0 radical (unpaired) electrons. The lowest BCUT2D eigenvalue weighted by Crippen LogP contribution is -2.12. The molecule has 218 valence electrons. The monoisotopic (exact) mass is 575 g/mol. The summed E-state index contributed by atoms with van der Waals surface area (Å²) in [6.45, 7) is 2.00. The number of rotatable bonds is 7. The molecule has 11 heteroatoms. The average molecular weight is 576 g/mol. The van der Waals surface area contributed by atoms with Crippen LogP contribution < -0.4 is 10.1 Å². The molecule has 0 saturated carbocycles. The number of esters is 1. The quantitative estimate of drug-likeness (QED) is 0.104. The average Bonchev–Trinajstić information content (AvgIpc) is 2.96. The summed E-state index contributed by atoms with van der Waals surface area (Å²) in [5.74, 6) is -4.77. The van der Waals surface area contributed by atoms with Gasteiger partial charge in [0.2, 0.25) is 0 Å². The van der Waals surface area contributed by atoms with Gasteiger partial charge in [0.15, 0.2) is 0 Å². The van der Waals surface area contributed by atoms with Gasteiger partial charge in [-0.15, -0.1) is 0 Å². The summed E-state index contributed by atoms with van der Waals surface area (Å²) >= 11 is 0. The number of carbonyl (C=O) groups excluding carboxylic acids is 3. The van der Waals surface area contributed by atoms with E-state index in [2.05, 4.69) is 5.32 Å². The van der Waals surface area contributed by atoms with E-state index in [0.29, 0.717) is 5.56 Å². The number of benzene rings is 4. The Morgan fingerprint density at radius 1 is 0.619 bits per heavy atom. The van der Waals surface area contributed by atoms with E-state index in [4.69, 9.17) is 19.7 Å². The van der Waals surface area contributed by atoms with Crippen LogP contribution in [0.25, 0.3) is 11.1 Å². The molecule has 0 aliphatic carbocycles. The molecule has 0 aromatic heterocycles. The van der Waals surface area contributed by atoms with Crippen molar-refractivity contribution in [2.75, 3.05) is 5.32 Å². The molecule has 42 heavy (non-hydrogen) atoms. The van der Waals surface area contributed by atoms with Gasteiger partial charge in [-0.3, -0.25) is 4.79 Å². The van der Waals surface area contributed by atoms with Crippen molar-refractivity contribution in [1.82, 2.24) is 0 Å². The highest BCUT2D eigenvalue weighted by Gasteiger charge is 2.15. The molecule has 1 amide bonds. The zero-order valence-electron chi connectivity index (χ0n) is 20.5. The first kappa shape index (κ1) is 34.1. The van der Waals surface area contributed by atoms with Gasteiger partial charge in [0.1, 0.15) is 35.2 Å². The van der Waals surface area contributed by atoms with Gasteiger partial charge in [0, 0.05) is 11.3 Å². The summed E-state index contributed by atoms with van der Waals surface area (Å²) in [4.78, 5) is 55.3. The number of hydrogen-bond acceptors (Lipinski definition) is 8. The summed E-state index contributed by atoms with van der Waals surface area (Å²) in [6, 6.07) is 20.1. The lowest BCUT2D eigenvalue weighted by molar-refractivity contribution is -0.0980. The molecule has 0 aliphatic rings. The third kappa shape index (κ3) is 8.02. The summed E-state index contributed by atoms with van der Waals surface area (Å²) < 4.78 is 5.21. The Morgan fingerprint density at radius 2 is 1.07 bits per heavy atom. The molecular formula is C31H29NO10. The molecule has 4 rings (SSSR count). The maximum Gasteiger partial charge on any atom is 0.343 e. The highest BCUT2D eigenvalue weighted by molar-refractivity contribution is 6.05. The fourth-order valence-electron chi connectivity index (χ4n) is 3.52. The first-order valence-electron chi connectivity index (χ1n) is 11.3. The van der Waals surface area contributed by atoms with Gasteiger partial charge in [-0.05, 0) is 71.8 Å². The predicted molar refractivity (Wildman–Crippen MR) is 156 cm³/mol. The Morgan fingerprint density at radius 3 is 1.57 bits per heavy atom. The van der Waals surface area contributed by atoms with E-state index in [9.17, 15) is 29.4 Å². The van der Waals surface area contributed by atoms with Crippen molar-refractivity contribution in [2.45, 2.75) is 14.9 Å². The third-order valence-corrected chi connectivity index (χ3v) is 5.49. The molecule has 5 N–H and O–H groups in total. The van der Waals surface area contributed by atoms with Gasteiger partial charge >= 0.3 is 17.9 Å². The van der Waals surface area contributed by atoms with E-state index in [-0.39, 0.29) is 37.4 Å². The Labute approximate surface area is 241 Å². The Balaban J connectivity index is 0.00000216. The topological polar surface area (TPSA) is 188 Å². The first-order valence-corrected chi connectivity index (χ1v) is 11.3. The zero-order chi connectivity index (χ0) is 29.4. The van der Waals surface area contributed by atoms with Crippen LogP contribution in [-0.2, 0) is 4.79 Å². The standard InChI is InChI=1S/C28H19NO9.CH2O.2CH4/c30-23-11-9-19(13-21(23)26(33)34)29-25(32)17-5-1-15(2-6-17)16-3-7-18(8-4-16)28(37)38-20-10-12-24(31)22(14-20)27(35)36;1-2;;/h1-14,30-31H,(H,29,32)(H,33,34)(H,35,36);1H2;2*1H4. The van der Waals surface area contributed by atoms with Crippen molar-refractivity contribution in [2.24, 2.45) is 0 Å². The molecule has 11 nitrogen and oxygen atoms in total. The van der Waals surface area contributed by atoms with Crippen molar-refractivity contribution in [3.05, 3.63) is 107 Å². The Kier molecular flexibility index (Phi) is 12.2. The van der Waals surface area contributed by atoms with Crippen LogP contribution in [0, 0.1) is 0 Å². The lowest BCUT2D eigenvalue weighted by Gasteiger charge is -2.09. The van der Waals surface area contributed by atoms with Crippen molar-refractivity contribution >= 4 is 36.3 Å². The molecule has 0 bridgehead atoms. The van der Waals surface area contributed by atoms with Crippen LogP contribution in [-0.4, -0.2) is 51.0 Å². The van der Waals surface area contributed by atoms with Gasteiger partial charge in [-0.25, -0.2) is 14.4 Å². The smallest absolute Gasteiger partial charge is 0.343 e. The van der Waals surface area contributed by atoms with Crippen LogP contribution in [0.5, 0.6) is 17.2 Å². The van der Waals surface area contributed by atoms with Crippen LogP contribution in [0.15, 0.2) is 84.9 Å². The lowest BCUT2D eigenvalue weighted by atomic mass is 10.0. The summed E-state index contributed by atoms with van der Waals surface area (Å²) in [6.07, 6.45) is 0. The molecule has 0 fully saturated rings. The largest absolute Gasteiger partial charge is 0.507 e. The molecule has 0 heterocycles. The highest BCUT2D eigenvalue weighted by atomic mass is 16.5. The van der Waals surface area contributed by atoms with Crippen molar-refractivity contribution in [3.63, 3.8) is 0 Å². The number of aromatic hydroxyl groups is 2. The van der Waals surface area contributed by atoms with E-state index >= 15 is 0 Å². The number of carbonyl (C=O) groups is 5. The number of amides is 1. The van der Waals surface area contributed by atoms with Crippen LogP contribution in [0.2, 0.25) is 0 Å². The Bertz CT molecular complexity index is 1460. The van der Waals surface area contributed by atoms with E-state index in [1.54, 1.807) is 36.4 Å². The number of ether oxygens (including phenoxy) is 1. The number of carboxylic acid groups (broad SMARTS) is 2. The van der Waals surface area contributed by atoms with E-state index in [0.717, 1.165) is 29.3 Å². The number of phenols is 2. The molecule has 4 aromatic rings. The first-order chi connectivity index (χ1) is 19.1. The molecule has 0 spiro atoms. The molecule has 4 aromatic carbocycles. The van der Waals surface area contributed by atoms with Crippen LogP contribution >= 0.6 is 0 Å². The summed E-state index contributed by atoms with van der Waals surface area (Å²) in [5, 5.41) is 39.9. The SMILES string of the molecule is C.C.C=O.O=C(Nc1ccc(O)c(C(=O)O)c1)c1ccc(-c2ccc(C(=O)Oc3ccc(O)c(C(=O)O)c3)cc2)cc1. The minimum absolute atomic E-state index is 0. The van der Waals surface area contributed by atoms with Crippen molar-refractivity contribution in [3.8, 4) is 28.4 Å². The van der Waals surface area contributed by atoms with Gasteiger partial charge in [-0.1, -0.05) is 39.1 Å². The van der Waals surface area contributed by atoms with Gasteiger partial charge in [0.25, 0.3) is 5.91 Å². The fourth-order valence-corrected chi connectivity index (χ4v) is 3.52. The second-order valence-electron chi connectivity index (χ2n) is 8.02. The van der Waals surface area contributed by atoms with Gasteiger partial charge < -0.3 is 35.3 Å². The van der Waals surface area contributed by atoms with Crippen molar-refractivity contribution in [1.29, 1.82) is 0 Å². The maximum atomic E-state index is 12.6. The van der Waals surface area contributed by atoms with E-state index in [1.807, 2.05) is 6.79 Å². The number of nitrogens with one attached hydrogen (secondary N) is 1. The minimum atomic E-state index is -1.36. The van der Waals surface area contributed by atoms with Gasteiger partial charge in [-0.2, -0.15) is 0 Å². The molecule has 0 aliphatic heterocycles. The van der Waals surface area contributed by atoms with Crippen molar-refractivity contribution < 1.29 is 49.1 Å². The third-order valence-electron chi connectivity index (χ3n) is 5.49. The minimum Gasteiger partial charge on any atom is -0.507 e. The molecule has 0 saturated heterocycles. The summed E-state index contributed by atoms with van der Waals surface area (Å²) in [7, 11) is 0. The summed E-state index contributed by atoms with van der Waals surface area (Å²) in [5.41, 5.74) is 1.51. The molecule has 0 atom stereocenters. The van der Waals surface area contributed by atoms with Gasteiger partial charge in [0.05, 0.1) is 5.56 Å². The zero-order valence-corrected chi connectivity index (χ0v) is 20.5. The normalized spacial score (nSPS) is 9.52. The predicted octanol–water partition coefficient (Wildman–Crippen LogP) is 5.72.